The standard InChI is InChI=1S/C20H24FNO11S2/c1-11(23)29-10-16(30-12(2)24)20(32-14(4)26)18(17(31-13(3)25)19(21)34-33-20)22-35(27,28)15-8-6-5-7-9-15/h5-9,16-19,22H,10H2,1-4H3/t16-,17?,18-,19?,20-/m1/s1. The number of rotatable bonds is 9. The third kappa shape index (κ3) is 7.37. The molecular formula is C20H24FNO11S2. The van der Waals surface area contributed by atoms with Gasteiger partial charge in [0.05, 0.1) is 4.90 Å². The Kier molecular flexibility index (Phi) is 9.60. The number of carbonyl (C=O) groups excluding carboxylic acids is 4. The van der Waals surface area contributed by atoms with Crippen LogP contribution >= 0.6 is 12.0 Å². The topological polar surface area (TPSA) is 161 Å². The molecular weight excluding hydrogens is 513 g/mol. The van der Waals surface area contributed by atoms with Gasteiger partial charge in [-0.25, -0.2) is 12.8 Å². The van der Waals surface area contributed by atoms with Crippen LogP contribution in [0.15, 0.2) is 35.2 Å². The Morgan fingerprint density at radius 2 is 1.69 bits per heavy atom. The number of carbonyl (C=O) groups is 4. The van der Waals surface area contributed by atoms with E-state index in [0.29, 0.717) is 0 Å². The Labute approximate surface area is 205 Å². The predicted molar refractivity (Wildman–Crippen MR) is 116 cm³/mol. The molecule has 0 amide bonds. The summed E-state index contributed by atoms with van der Waals surface area (Å²) in [6.45, 7) is 3.11. The van der Waals surface area contributed by atoms with Gasteiger partial charge in [-0.05, 0) is 12.1 Å². The molecule has 2 rings (SSSR count). The van der Waals surface area contributed by atoms with Crippen LogP contribution in [0.4, 0.5) is 4.39 Å². The first kappa shape index (κ1) is 28.5. The molecule has 1 aromatic carbocycles. The molecule has 1 aliphatic rings. The summed E-state index contributed by atoms with van der Waals surface area (Å²) in [7, 11) is -4.49. The number of hydrogen-bond donors (Lipinski definition) is 1. The minimum absolute atomic E-state index is 0.0446. The fourth-order valence-electron chi connectivity index (χ4n) is 3.16. The third-order valence-electron chi connectivity index (χ3n) is 4.43. The number of alkyl halides is 1. The van der Waals surface area contributed by atoms with Crippen LogP contribution in [0.1, 0.15) is 27.7 Å². The highest BCUT2D eigenvalue weighted by Gasteiger charge is 2.63. The quantitative estimate of drug-likeness (QED) is 0.271. The molecule has 0 bridgehead atoms. The van der Waals surface area contributed by atoms with Crippen LogP contribution in [0.2, 0.25) is 0 Å². The monoisotopic (exact) mass is 537 g/mol. The van der Waals surface area contributed by atoms with Gasteiger partial charge in [0, 0.05) is 39.7 Å². The molecule has 1 N–H and O–H groups in total. The van der Waals surface area contributed by atoms with E-state index >= 15 is 0 Å². The number of nitrogens with one attached hydrogen (secondary N) is 1. The molecule has 12 nitrogen and oxygen atoms in total. The van der Waals surface area contributed by atoms with Gasteiger partial charge in [0.25, 0.3) is 5.79 Å². The van der Waals surface area contributed by atoms with E-state index in [9.17, 15) is 32.0 Å². The van der Waals surface area contributed by atoms with E-state index in [0.717, 1.165) is 27.7 Å². The van der Waals surface area contributed by atoms with Crippen molar-refractivity contribution in [2.24, 2.45) is 0 Å². The SMILES string of the molecule is CC(=O)OC[C@@H](OC(C)=O)[C@@]1(OC(C)=O)OSC(F)C(OC(C)=O)[C@H]1NS(=O)(=O)c1ccccc1. The van der Waals surface area contributed by atoms with Crippen LogP contribution in [0.5, 0.6) is 0 Å². The summed E-state index contributed by atoms with van der Waals surface area (Å²) >= 11 is 0.0446. The minimum Gasteiger partial charge on any atom is -0.462 e. The number of halogens is 1. The van der Waals surface area contributed by atoms with Gasteiger partial charge in [0.1, 0.15) is 12.6 Å². The van der Waals surface area contributed by atoms with Gasteiger partial charge in [-0.1, -0.05) is 18.2 Å². The highest BCUT2D eigenvalue weighted by Crippen LogP contribution is 2.43. The van der Waals surface area contributed by atoms with E-state index in [1.165, 1.54) is 24.3 Å². The molecule has 194 valence electrons. The summed E-state index contributed by atoms with van der Waals surface area (Å²) < 4.78 is 69.2. The second kappa shape index (κ2) is 11.8. The molecule has 15 heteroatoms. The summed E-state index contributed by atoms with van der Waals surface area (Å²) in [5.74, 6) is -6.48. The summed E-state index contributed by atoms with van der Waals surface area (Å²) in [6, 6.07) is 4.85. The molecule has 0 aromatic heterocycles. The number of sulfonamides is 1. The molecule has 1 fully saturated rings. The summed E-state index contributed by atoms with van der Waals surface area (Å²) in [6.07, 6.45) is -3.74. The zero-order valence-electron chi connectivity index (χ0n) is 19.1. The summed E-state index contributed by atoms with van der Waals surface area (Å²) in [5.41, 5.74) is -2.17. The number of hydrogen-bond acceptors (Lipinski definition) is 12. The zero-order valence-corrected chi connectivity index (χ0v) is 20.7. The number of benzene rings is 1. The lowest BCUT2D eigenvalue weighted by Gasteiger charge is -2.48. The van der Waals surface area contributed by atoms with Gasteiger partial charge < -0.3 is 18.9 Å². The lowest BCUT2D eigenvalue weighted by Crippen LogP contribution is -2.71. The Bertz CT molecular complexity index is 1050. The van der Waals surface area contributed by atoms with E-state index in [-0.39, 0.29) is 16.9 Å². The van der Waals surface area contributed by atoms with E-state index in [2.05, 4.69) is 4.72 Å². The second-order valence-electron chi connectivity index (χ2n) is 7.23. The maximum atomic E-state index is 14.9. The third-order valence-corrected chi connectivity index (χ3v) is 6.69. The smallest absolute Gasteiger partial charge is 0.305 e. The first-order valence-electron chi connectivity index (χ1n) is 10.0. The van der Waals surface area contributed by atoms with Crippen LogP contribution in [-0.4, -0.2) is 68.4 Å². The molecule has 5 atom stereocenters. The Balaban J connectivity index is 2.71. The van der Waals surface area contributed by atoms with E-state index in [1.54, 1.807) is 6.07 Å². The molecule has 35 heavy (non-hydrogen) atoms. The van der Waals surface area contributed by atoms with Crippen molar-refractivity contribution >= 4 is 45.9 Å². The molecule has 1 aromatic rings. The van der Waals surface area contributed by atoms with E-state index in [4.69, 9.17) is 23.1 Å². The number of esters is 4. The van der Waals surface area contributed by atoms with Gasteiger partial charge in [0.15, 0.2) is 6.10 Å². The number of ether oxygens (including phenoxy) is 4. The average Bonchev–Trinajstić information content (AvgIpc) is 2.75. The van der Waals surface area contributed by atoms with Crippen LogP contribution < -0.4 is 4.72 Å². The highest BCUT2D eigenvalue weighted by molar-refractivity contribution is 7.95. The lowest BCUT2D eigenvalue weighted by molar-refractivity contribution is -0.268. The molecule has 2 unspecified atom stereocenters. The fraction of sp³-hybridized carbons (Fsp3) is 0.500. The Hall–Kier alpha value is -2.75. The van der Waals surface area contributed by atoms with Crippen molar-refractivity contribution in [3.8, 4) is 0 Å². The maximum Gasteiger partial charge on any atom is 0.305 e. The highest BCUT2D eigenvalue weighted by atomic mass is 32.2. The van der Waals surface area contributed by atoms with Crippen LogP contribution in [0.3, 0.4) is 0 Å². The van der Waals surface area contributed by atoms with Gasteiger partial charge >= 0.3 is 23.9 Å². The van der Waals surface area contributed by atoms with Crippen molar-refractivity contribution < 1.29 is 55.1 Å². The van der Waals surface area contributed by atoms with Crippen molar-refractivity contribution in [1.29, 1.82) is 0 Å². The molecule has 1 aliphatic heterocycles. The van der Waals surface area contributed by atoms with Crippen molar-refractivity contribution in [2.75, 3.05) is 6.61 Å². The first-order valence-corrected chi connectivity index (χ1v) is 12.3. The van der Waals surface area contributed by atoms with Crippen LogP contribution in [-0.2, 0) is 52.3 Å². The van der Waals surface area contributed by atoms with Gasteiger partial charge in [-0.3, -0.25) is 23.4 Å². The second-order valence-corrected chi connectivity index (χ2v) is 9.76. The Morgan fingerprint density at radius 3 is 2.20 bits per heavy atom. The Morgan fingerprint density at radius 1 is 1.06 bits per heavy atom. The maximum absolute atomic E-state index is 14.9. The van der Waals surface area contributed by atoms with Crippen molar-refractivity contribution in [3.63, 3.8) is 0 Å². The molecule has 0 radical (unpaired) electrons. The average molecular weight is 538 g/mol. The van der Waals surface area contributed by atoms with Crippen LogP contribution in [0, 0.1) is 0 Å². The normalized spacial score (nSPS) is 25.1. The predicted octanol–water partition coefficient (Wildman–Crippen LogP) is 0.993. The summed E-state index contributed by atoms with van der Waals surface area (Å²) in [4.78, 5) is 46.9. The molecule has 1 saturated heterocycles. The van der Waals surface area contributed by atoms with Crippen molar-refractivity contribution in [3.05, 3.63) is 30.3 Å². The largest absolute Gasteiger partial charge is 0.462 e. The molecule has 0 aliphatic carbocycles. The van der Waals surface area contributed by atoms with E-state index < -0.39 is 70.0 Å². The zero-order chi connectivity index (χ0) is 26.4. The van der Waals surface area contributed by atoms with Gasteiger partial charge in [-0.2, -0.15) is 4.72 Å². The molecule has 0 spiro atoms. The molecule has 0 saturated carbocycles. The fourth-order valence-corrected chi connectivity index (χ4v) is 5.25. The van der Waals surface area contributed by atoms with Gasteiger partial charge in [-0.15, -0.1) is 0 Å². The van der Waals surface area contributed by atoms with Crippen molar-refractivity contribution in [1.82, 2.24) is 4.72 Å². The van der Waals surface area contributed by atoms with Crippen molar-refractivity contribution in [2.45, 2.75) is 62.1 Å². The molecule has 1 heterocycles. The lowest BCUT2D eigenvalue weighted by atomic mass is 9.96. The van der Waals surface area contributed by atoms with Gasteiger partial charge in [0.2, 0.25) is 21.6 Å². The first-order chi connectivity index (χ1) is 16.3. The minimum atomic E-state index is -4.49. The van der Waals surface area contributed by atoms with E-state index in [1.807, 2.05) is 0 Å². The summed E-state index contributed by atoms with van der Waals surface area (Å²) in [5, 5.41) is 0. The van der Waals surface area contributed by atoms with Crippen LogP contribution in [0.25, 0.3) is 0 Å².